The summed E-state index contributed by atoms with van der Waals surface area (Å²) in [6.45, 7) is 17.0. The zero-order valence-electron chi connectivity index (χ0n) is 22.4. The number of benzene rings is 1. The fraction of sp³-hybridized carbons (Fsp3) is 0.607. The molecule has 1 aromatic rings. The van der Waals surface area contributed by atoms with Gasteiger partial charge in [0.25, 0.3) is 0 Å². The van der Waals surface area contributed by atoms with Crippen molar-refractivity contribution >= 4 is 17.9 Å². The molecule has 0 bridgehead atoms. The van der Waals surface area contributed by atoms with Crippen molar-refractivity contribution in [2.24, 2.45) is 5.92 Å². The number of ether oxygens (including phenoxy) is 1. The lowest BCUT2D eigenvalue weighted by molar-refractivity contribution is -0.140. The minimum atomic E-state index is -1.07. The van der Waals surface area contributed by atoms with E-state index in [4.69, 9.17) is 4.74 Å². The monoisotopic (exact) mass is 485 g/mol. The minimum absolute atomic E-state index is 0.102. The van der Waals surface area contributed by atoms with Gasteiger partial charge < -0.3 is 20.3 Å². The molecule has 1 atom stereocenters. The first kappa shape index (κ1) is 28.4. The Morgan fingerprint density at radius 1 is 1.06 bits per heavy atom. The Morgan fingerprint density at radius 2 is 1.66 bits per heavy atom. The Hall–Kier alpha value is -2.83. The third kappa shape index (κ3) is 8.11. The number of hydrogen-bond donors (Lipinski definition) is 2. The number of carbonyl (C=O) groups excluding carboxylic acids is 3. The van der Waals surface area contributed by atoms with Gasteiger partial charge in [-0.25, -0.2) is 4.79 Å². The van der Waals surface area contributed by atoms with E-state index < -0.39 is 16.7 Å². The van der Waals surface area contributed by atoms with Crippen LogP contribution in [-0.4, -0.2) is 45.5 Å². The molecule has 3 amide bonds. The molecule has 35 heavy (non-hydrogen) atoms. The Bertz CT molecular complexity index is 895. The maximum absolute atomic E-state index is 13.6. The second-order valence-electron chi connectivity index (χ2n) is 11.6. The SMILES string of the molecule is C=CCCC(NC(C)=O)(C(=O)NC(C)(C)C)C1CC(N(Cc2ccccc2)C(=O)OC(C)(C)C)C1. The maximum Gasteiger partial charge on any atom is 0.410 e. The van der Waals surface area contributed by atoms with E-state index in [0.717, 1.165) is 5.56 Å². The number of rotatable bonds is 9. The topological polar surface area (TPSA) is 87.7 Å². The van der Waals surface area contributed by atoms with Crippen LogP contribution in [0.5, 0.6) is 0 Å². The molecule has 7 nitrogen and oxygen atoms in total. The fourth-order valence-corrected chi connectivity index (χ4v) is 4.51. The number of carbonyl (C=O) groups is 3. The Morgan fingerprint density at radius 3 is 2.14 bits per heavy atom. The summed E-state index contributed by atoms with van der Waals surface area (Å²) in [4.78, 5) is 40.8. The number of nitrogens with zero attached hydrogens (tertiary/aromatic N) is 1. The zero-order valence-corrected chi connectivity index (χ0v) is 22.4. The van der Waals surface area contributed by atoms with Crippen molar-refractivity contribution in [1.29, 1.82) is 0 Å². The Balaban J connectivity index is 2.33. The second-order valence-corrected chi connectivity index (χ2v) is 11.6. The highest BCUT2D eigenvalue weighted by Crippen LogP contribution is 2.43. The van der Waals surface area contributed by atoms with Gasteiger partial charge in [-0.1, -0.05) is 36.4 Å². The summed E-state index contributed by atoms with van der Waals surface area (Å²) < 4.78 is 5.72. The fourth-order valence-electron chi connectivity index (χ4n) is 4.51. The van der Waals surface area contributed by atoms with Gasteiger partial charge in [0, 0.05) is 25.0 Å². The summed E-state index contributed by atoms with van der Waals surface area (Å²) in [5.41, 5.74) is -1.14. The highest BCUT2D eigenvalue weighted by Gasteiger charge is 2.53. The van der Waals surface area contributed by atoms with Crippen LogP contribution < -0.4 is 10.6 Å². The van der Waals surface area contributed by atoms with E-state index in [1.54, 1.807) is 11.0 Å². The van der Waals surface area contributed by atoms with Crippen LogP contribution in [0.1, 0.15) is 79.7 Å². The molecule has 1 aliphatic rings. The molecule has 1 unspecified atom stereocenters. The van der Waals surface area contributed by atoms with Crippen LogP contribution in [0.15, 0.2) is 43.0 Å². The standard InChI is InChI=1S/C28H43N3O4/c1-9-10-16-28(29-20(2)32,24(33)30-26(3,4)5)22-17-23(18-22)31(25(34)35-27(6,7)8)19-21-14-12-11-13-15-21/h9,11-15,22-23H,1,10,16-19H2,2-8H3,(H,29,32)(H,30,33). The number of nitrogens with one attached hydrogen (secondary N) is 2. The van der Waals surface area contributed by atoms with Crippen molar-refractivity contribution in [1.82, 2.24) is 15.5 Å². The van der Waals surface area contributed by atoms with Gasteiger partial charge in [-0.15, -0.1) is 6.58 Å². The van der Waals surface area contributed by atoms with Gasteiger partial charge >= 0.3 is 6.09 Å². The Kier molecular flexibility index (Phi) is 9.15. The first-order valence-corrected chi connectivity index (χ1v) is 12.4. The van der Waals surface area contributed by atoms with Crippen molar-refractivity contribution in [2.75, 3.05) is 0 Å². The molecule has 0 heterocycles. The third-order valence-electron chi connectivity index (χ3n) is 6.11. The lowest BCUT2D eigenvalue weighted by atomic mass is 9.64. The summed E-state index contributed by atoms with van der Waals surface area (Å²) in [6, 6.07) is 9.69. The number of allylic oxidation sites excluding steroid dienone is 1. The van der Waals surface area contributed by atoms with Crippen LogP contribution >= 0.6 is 0 Å². The molecule has 194 valence electrons. The summed E-state index contributed by atoms with van der Waals surface area (Å²) in [6.07, 6.45) is 3.58. The van der Waals surface area contributed by atoms with E-state index in [0.29, 0.717) is 32.2 Å². The van der Waals surface area contributed by atoms with Crippen molar-refractivity contribution < 1.29 is 19.1 Å². The summed E-state index contributed by atoms with van der Waals surface area (Å²) in [5, 5.41) is 6.06. The molecular weight excluding hydrogens is 442 g/mol. The Labute approximate surface area is 210 Å². The van der Waals surface area contributed by atoms with Gasteiger partial charge in [0.1, 0.15) is 11.1 Å². The van der Waals surface area contributed by atoms with Gasteiger partial charge in [0.05, 0.1) is 0 Å². The van der Waals surface area contributed by atoms with E-state index in [1.807, 2.05) is 71.9 Å². The van der Waals surface area contributed by atoms with E-state index in [9.17, 15) is 14.4 Å². The van der Waals surface area contributed by atoms with Crippen molar-refractivity contribution in [3.8, 4) is 0 Å². The zero-order chi connectivity index (χ0) is 26.4. The van der Waals surface area contributed by atoms with Crippen molar-refractivity contribution in [3.05, 3.63) is 48.6 Å². The number of hydrogen-bond acceptors (Lipinski definition) is 4. The smallest absolute Gasteiger partial charge is 0.410 e. The van der Waals surface area contributed by atoms with Crippen LogP contribution in [0.25, 0.3) is 0 Å². The summed E-state index contributed by atoms with van der Waals surface area (Å²) in [5.74, 6) is -0.577. The van der Waals surface area contributed by atoms with Gasteiger partial charge in [0.2, 0.25) is 11.8 Å². The van der Waals surface area contributed by atoms with Gasteiger partial charge in [-0.2, -0.15) is 0 Å². The first-order valence-electron chi connectivity index (χ1n) is 12.4. The average Bonchev–Trinajstić information content (AvgIpc) is 2.67. The molecule has 7 heteroatoms. The number of amides is 3. The molecule has 1 aliphatic carbocycles. The van der Waals surface area contributed by atoms with E-state index in [-0.39, 0.29) is 29.9 Å². The normalized spacial score (nSPS) is 19.5. The molecule has 1 saturated carbocycles. The summed E-state index contributed by atoms with van der Waals surface area (Å²) in [7, 11) is 0. The quantitative estimate of drug-likeness (QED) is 0.484. The minimum Gasteiger partial charge on any atom is -0.444 e. The average molecular weight is 486 g/mol. The predicted octanol–water partition coefficient (Wildman–Crippen LogP) is 4.96. The highest BCUT2D eigenvalue weighted by atomic mass is 16.6. The van der Waals surface area contributed by atoms with Gasteiger partial charge in [-0.3, -0.25) is 9.59 Å². The van der Waals surface area contributed by atoms with Crippen LogP contribution in [0.2, 0.25) is 0 Å². The van der Waals surface area contributed by atoms with Crippen LogP contribution in [0, 0.1) is 5.92 Å². The molecule has 0 spiro atoms. The van der Waals surface area contributed by atoms with E-state index in [1.165, 1.54) is 6.92 Å². The lowest BCUT2D eigenvalue weighted by Crippen LogP contribution is -2.68. The van der Waals surface area contributed by atoms with Gasteiger partial charge in [0.15, 0.2) is 0 Å². The predicted molar refractivity (Wildman–Crippen MR) is 139 cm³/mol. The molecule has 2 rings (SSSR count). The second kappa shape index (κ2) is 11.3. The molecule has 1 aromatic carbocycles. The van der Waals surface area contributed by atoms with Crippen molar-refractivity contribution in [3.63, 3.8) is 0 Å². The van der Waals surface area contributed by atoms with Crippen molar-refractivity contribution in [2.45, 2.75) is 103 Å². The van der Waals surface area contributed by atoms with Crippen LogP contribution in [0.3, 0.4) is 0 Å². The van der Waals surface area contributed by atoms with E-state index >= 15 is 0 Å². The first-order chi connectivity index (χ1) is 16.2. The molecule has 0 aromatic heterocycles. The van der Waals surface area contributed by atoms with E-state index in [2.05, 4.69) is 17.2 Å². The third-order valence-corrected chi connectivity index (χ3v) is 6.11. The van der Waals surface area contributed by atoms with Gasteiger partial charge in [-0.05, 0) is 78.7 Å². The lowest BCUT2D eigenvalue weighted by Gasteiger charge is -2.51. The molecule has 0 saturated heterocycles. The maximum atomic E-state index is 13.6. The largest absolute Gasteiger partial charge is 0.444 e. The van der Waals surface area contributed by atoms with Crippen LogP contribution in [0.4, 0.5) is 4.79 Å². The molecule has 0 radical (unpaired) electrons. The molecule has 0 aliphatic heterocycles. The molecule has 1 fully saturated rings. The highest BCUT2D eigenvalue weighted by molar-refractivity contribution is 5.92. The van der Waals surface area contributed by atoms with Crippen LogP contribution in [-0.2, 0) is 20.9 Å². The molecular formula is C28H43N3O4. The molecule has 2 N–H and O–H groups in total. The summed E-state index contributed by atoms with van der Waals surface area (Å²) >= 11 is 0.